The van der Waals surface area contributed by atoms with Crippen LogP contribution in [-0.2, 0) is 17.6 Å². The van der Waals surface area contributed by atoms with E-state index in [0.29, 0.717) is 5.75 Å². The number of aryl methyl sites for hydroxylation is 2. The van der Waals surface area contributed by atoms with Gasteiger partial charge in [-0.15, -0.1) is 21.5 Å². The van der Waals surface area contributed by atoms with Crippen LogP contribution in [0.15, 0.2) is 28.7 Å². The van der Waals surface area contributed by atoms with Crippen molar-refractivity contribution in [2.45, 2.75) is 64.6 Å². The van der Waals surface area contributed by atoms with E-state index in [0.717, 1.165) is 28.7 Å². The minimum Gasteiger partial charge on any atom is -0.325 e. The molecule has 1 amide bonds. The van der Waals surface area contributed by atoms with Gasteiger partial charge in [0.05, 0.1) is 5.75 Å². The van der Waals surface area contributed by atoms with Crippen LogP contribution in [0, 0.1) is 13.8 Å². The van der Waals surface area contributed by atoms with E-state index in [-0.39, 0.29) is 11.9 Å². The molecule has 2 heterocycles. The molecule has 0 unspecified atom stereocenters. The Kier molecular flexibility index (Phi) is 6.29. The Morgan fingerprint density at radius 3 is 2.83 bits per heavy atom. The molecule has 0 radical (unpaired) electrons. The van der Waals surface area contributed by atoms with Crippen molar-refractivity contribution in [3.63, 3.8) is 0 Å². The van der Waals surface area contributed by atoms with Crippen LogP contribution in [0.5, 0.6) is 0 Å². The molecule has 3 aromatic rings. The largest absolute Gasteiger partial charge is 0.325 e. The van der Waals surface area contributed by atoms with Gasteiger partial charge in [0, 0.05) is 27.5 Å². The number of thioether (sulfide) groups is 1. The summed E-state index contributed by atoms with van der Waals surface area (Å²) < 4.78 is 2.17. The van der Waals surface area contributed by atoms with Crippen LogP contribution < -0.4 is 5.32 Å². The van der Waals surface area contributed by atoms with E-state index in [1.807, 2.05) is 30.4 Å². The second-order valence-corrected chi connectivity index (χ2v) is 10.0. The Morgan fingerprint density at radius 1 is 1.23 bits per heavy atom. The highest BCUT2D eigenvalue weighted by Crippen LogP contribution is 2.37. The smallest absolute Gasteiger partial charge is 0.234 e. The minimum atomic E-state index is -0.0264. The number of aromatic nitrogens is 3. The fourth-order valence-electron chi connectivity index (χ4n) is 3.91. The van der Waals surface area contributed by atoms with Gasteiger partial charge in [-0.2, -0.15) is 0 Å². The second kappa shape index (κ2) is 8.94. The SMILES string of the molecule is Cc1cccc(NC(=O)CSc2nnc(-c3csc4c3CCCC4)n2C(C)C)c1C. The van der Waals surface area contributed by atoms with E-state index >= 15 is 0 Å². The summed E-state index contributed by atoms with van der Waals surface area (Å²) in [6.07, 6.45) is 4.82. The van der Waals surface area contributed by atoms with Crippen molar-refractivity contribution in [1.29, 1.82) is 0 Å². The number of rotatable bonds is 6. The standard InChI is InChI=1S/C23H28N4OS2/c1-14(2)27-22(18-12-29-20-11-6-5-9-17(18)20)25-26-23(27)30-13-21(28)24-19-10-7-8-15(3)16(19)4/h7-8,10,12,14H,5-6,9,11,13H2,1-4H3,(H,24,28). The van der Waals surface area contributed by atoms with E-state index in [1.54, 1.807) is 0 Å². The van der Waals surface area contributed by atoms with Crippen LogP contribution in [0.1, 0.15) is 54.3 Å². The topological polar surface area (TPSA) is 59.8 Å². The highest BCUT2D eigenvalue weighted by Gasteiger charge is 2.23. The molecule has 1 N–H and O–H groups in total. The van der Waals surface area contributed by atoms with Gasteiger partial charge in [0.2, 0.25) is 5.91 Å². The third kappa shape index (κ3) is 4.18. The van der Waals surface area contributed by atoms with Gasteiger partial charge in [-0.25, -0.2) is 0 Å². The van der Waals surface area contributed by atoms with Crippen LogP contribution in [0.4, 0.5) is 5.69 Å². The lowest BCUT2D eigenvalue weighted by Crippen LogP contribution is -2.16. The molecule has 0 saturated carbocycles. The first kappa shape index (κ1) is 21.1. The van der Waals surface area contributed by atoms with Crippen molar-refractivity contribution in [3.8, 4) is 11.4 Å². The van der Waals surface area contributed by atoms with E-state index in [4.69, 9.17) is 0 Å². The molecule has 2 aromatic heterocycles. The lowest BCUT2D eigenvalue weighted by atomic mass is 9.95. The molecule has 4 rings (SSSR count). The van der Waals surface area contributed by atoms with Crippen molar-refractivity contribution >= 4 is 34.7 Å². The number of carbonyl (C=O) groups is 1. The molecule has 158 valence electrons. The first-order valence-corrected chi connectivity index (χ1v) is 12.4. The molecule has 0 bridgehead atoms. The summed E-state index contributed by atoms with van der Waals surface area (Å²) >= 11 is 3.30. The molecule has 30 heavy (non-hydrogen) atoms. The lowest BCUT2D eigenvalue weighted by Gasteiger charge is -2.16. The van der Waals surface area contributed by atoms with E-state index < -0.39 is 0 Å². The normalized spacial score (nSPS) is 13.5. The van der Waals surface area contributed by atoms with Gasteiger partial charge in [0.15, 0.2) is 11.0 Å². The third-order valence-corrected chi connectivity index (χ3v) is 7.73. The average molecular weight is 441 g/mol. The summed E-state index contributed by atoms with van der Waals surface area (Å²) in [5.74, 6) is 1.21. The lowest BCUT2D eigenvalue weighted by molar-refractivity contribution is -0.113. The summed E-state index contributed by atoms with van der Waals surface area (Å²) in [5, 5.41) is 15.1. The maximum atomic E-state index is 12.6. The number of hydrogen-bond acceptors (Lipinski definition) is 5. The molecule has 1 aliphatic rings. The maximum absolute atomic E-state index is 12.6. The van der Waals surface area contributed by atoms with Gasteiger partial charge in [-0.05, 0) is 76.1 Å². The first-order chi connectivity index (χ1) is 14.5. The first-order valence-electron chi connectivity index (χ1n) is 10.5. The van der Waals surface area contributed by atoms with E-state index in [2.05, 4.69) is 52.3 Å². The average Bonchev–Trinajstić information content (AvgIpc) is 3.33. The molecule has 0 atom stereocenters. The van der Waals surface area contributed by atoms with Gasteiger partial charge in [-0.1, -0.05) is 23.9 Å². The molecule has 0 saturated heterocycles. The number of nitrogens with one attached hydrogen (secondary N) is 1. The van der Waals surface area contributed by atoms with Crippen LogP contribution in [0.2, 0.25) is 0 Å². The van der Waals surface area contributed by atoms with Crippen molar-refractivity contribution in [2.24, 2.45) is 0 Å². The zero-order chi connectivity index (χ0) is 21.3. The molecule has 1 aliphatic carbocycles. The van der Waals surface area contributed by atoms with Gasteiger partial charge in [0.25, 0.3) is 0 Å². The fourth-order valence-corrected chi connectivity index (χ4v) is 5.90. The fraction of sp³-hybridized carbons (Fsp3) is 0.435. The number of fused-ring (bicyclic) bond motifs is 1. The van der Waals surface area contributed by atoms with Crippen molar-refractivity contribution < 1.29 is 4.79 Å². The Balaban J connectivity index is 1.52. The Hall–Kier alpha value is -2.12. The molecular weight excluding hydrogens is 412 g/mol. The summed E-state index contributed by atoms with van der Waals surface area (Å²) in [6.45, 7) is 8.37. The highest BCUT2D eigenvalue weighted by molar-refractivity contribution is 7.99. The summed E-state index contributed by atoms with van der Waals surface area (Å²) in [6, 6.07) is 6.18. The number of benzene rings is 1. The Labute approximate surface area is 186 Å². The molecule has 5 nitrogen and oxygen atoms in total. The van der Waals surface area contributed by atoms with Crippen molar-refractivity contribution in [3.05, 3.63) is 45.1 Å². The number of nitrogens with zero attached hydrogens (tertiary/aromatic N) is 3. The van der Waals surface area contributed by atoms with Crippen LogP contribution in [0.25, 0.3) is 11.4 Å². The zero-order valence-electron chi connectivity index (χ0n) is 18.0. The molecule has 7 heteroatoms. The third-order valence-electron chi connectivity index (χ3n) is 5.69. The van der Waals surface area contributed by atoms with Gasteiger partial charge in [-0.3, -0.25) is 9.36 Å². The van der Waals surface area contributed by atoms with Crippen molar-refractivity contribution in [2.75, 3.05) is 11.1 Å². The minimum absolute atomic E-state index is 0.0264. The maximum Gasteiger partial charge on any atom is 0.234 e. The zero-order valence-corrected chi connectivity index (χ0v) is 19.6. The molecule has 0 aliphatic heterocycles. The van der Waals surface area contributed by atoms with Crippen molar-refractivity contribution in [1.82, 2.24) is 14.8 Å². The molecule has 1 aromatic carbocycles. The van der Waals surface area contributed by atoms with Gasteiger partial charge < -0.3 is 5.32 Å². The summed E-state index contributed by atoms with van der Waals surface area (Å²) in [5.41, 5.74) is 5.82. The van der Waals surface area contributed by atoms with E-state index in [9.17, 15) is 4.79 Å². The van der Waals surface area contributed by atoms with Gasteiger partial charge >= 0.3 is 0 Å². The monoisotopic (exact) mass is 440 g/mol. The Bertz CT molecular complexity index is 1070. The number of carbonyl (C=O) groups excluding carboxylic acids is 1. The highest BCUT2D eigenvalue weighted by atomic mass is 32.2. The quantitative estimate of drug-likeness (QED) is 0.491. The van der Waals surface area contributed by atoms with Gasteiger partial charge in [0.1, 0.15) is 0 Å². The Morgan fingerprint density at radius 2 is 2.03 bits per heavy atom. The summed E-state index contributed by atoms with van der Waals surface area (Å²) in [4.78, 5) is 14.1. The van der Waals surface area contributed by atoms with Crippen LogP contribution in [-0.4, -0.2) is 26.4 Å². The van der Waals surface area contributed by atoms with Crippen LogP contribution in [0.3, 0.4) is 0 Å². The second-order valence-electron chi connectivity index (χ2n) is 8.11. The molecular formula is C23H28N4OS2. The molecule has 0 fully saturated rings. The van der Waals surface area contributed by atoms with Crippen LogP contribution >= 0.6 is 23.1 Å². The molecule has 0 spiro atoms. The summed E-state index contributed by atoms with van der Waals surface area (Å²) in [7, 11) is 0. The predicted molar refractivity (Wildman–Crippen MR) is 126 cm³/mol. The predicted octanol–water partition coefficient (Wildman–Crippen LogP) is 5.81. The number of thiophene rings is 1. The number of amides is 1. The number of anilines is 1. The van der Waals surface area contributed by atoms with E-state index in [1.165, 1.54) is 52.6 Å². The number of hydrogen-bond donors (Lipinski definition) is 1.